The number of carbonyl (C=O) groups excluding carboxylic acids is 6. The molecule has 129 heavy (non-hydrogen) atoms. The SMILES string of the molecule is CC(=O)N[C@H]1[C@H](OCC(=O)CCCCCCCO[C@H]2C[C@@H](OP(=O)([O-])OCCCCCCCCCCCCOC(C)(C)C)C(COP(=O)([O-])OC3C[C@H](OCCCCCCCC(=O)CO[C@@H]4O[C@H](CO)[C@H](O)[C@H](O)[C@H]4NC(C)=O)O[C@@H]3COP(=O)([O-])OC3C[C@H](OCCCCCCCC(=O)CO[C@@H]4O[C@H](CO)[C@H](O)[C@H](O)[C@H]4NC(C)=O)O[C@@H]3CO)O2)O[C@H](CO)[C@H](C)[C@@H]1O. The van der Waals surface area contributed by atoms with Crippen LogP contribution in [0.1, 0.15) is 248 Å². The van der Waals surface area contributed by atoms with Crippen molar-refractivity contribution in [2.75, 3.05) is 92.5 Å². The van der Waals surface area contributed by atoms with E-state index in [0.717, 1.165) is 58.0 Å². The van der Waals surface area contributed by atoms with Crippen molar-refractivity contribution >= 4 is 58.5 Å². The summed E-state index contributed by atoms with van der Waals surface area (Å²) in [6, 6.07) is -3.39. The first-order valence-electron chi connectivity index (χ1n) is 45.7. The highest BCUT2D eigenvalue weighted by molar-refractivity contribution is 7.46. The van der Waals surface area contributed by atoms with E-state index in [0.29, 0.717) is 109 Å². The Bertz CT molecular complexity index is 3360. The summed E-state index contributed by atoms with van der Waals surface area (Å²) in [5.74, 6) is -2.95. The number of hydrogen-bond donors (Lipinski definition) is 12. The van der Waals surface area contributed by atoms with Crippen molar-refractivity contribution in [2.24, 2.45) is 5.92 Å². The minimum absolute atomic E-state index is 0.0400. The number of carbonyl (C=O) groups is 6. The third kappa shape index (κ3) is 44.1. The second-order valence-corrected chi connectivity index (χ2v) is 38.9. The molecular weight excluding hydrogens is 1770 g/mol. The van der Waals surface area contributed by atoms with Crippen LogP contribution in [-0.2, 0) is 131 Å². The molecule has 46 heteroatoms. The van der Waals surface area contributed by atoms with Gasteiger partial charge in [0, 0.05) is 91.6 Å². The quantitative estimate of drug-likeness (QED) is 0.0307. The Morgan fingerprint density at radius 2 is 0.628 bits per heavy atom. The normalized spacial score (nSPS) is 31.1. The molecule has 6 aliphatic heterocycles. The van der Waals surface area contributed by atoms with Crippen molar-refractivity contribution in [1.82, 2.24) is 16.0 Å². The topological polar surface area (TPSA) is 616 Å². The Hall–Kier alpha value is -3.13. The highest BCUT2D eigenvalue weighted by atomic mass is 31.2. The second-order valence-electron chi connectivity index (χ2n) is 34.8. The van der Waals surface area contributed by atoms with Gasteiger partial charge < -0.3 is 165 Å². The van der Waals surface area contributed by atoms with E-state index in [4.69, 9.17) is 88.7 Å². The lowest BCUT2D eigenvalue weighted by molar-refractivity contribution is -0.268. The molecule has 0 aromatic heterocycles. The number of hydrogen-bond acceptors (Lipinski definition) is 40. The average Bonchev–Trinajstić information content (AvgIpc) is 1.81. The maximum atomic E-state index is 14.1. The maximum absolute atomic E-state index is 14.1. The molecule has 0 aromatic carbocycles. The van der Waals surface area contributed by atoms with Crippen molar-refractivity contribution in [3.05, 3.63) is 0 Å². The first-order chi connectivity index (χ1) is 61.3. The molecule has 6 aliphatic rings. The van der Waals surface area contributed by atoms with Gasteiger partial charge in [0.2, 0.25) is 17.7 Å². The van der Waals surface area contributed by atoms with Crippen LogP contribution < -0.4 is 30.6 Å². The van der Waals surface area contributed by atoms with Crippen molar-refractivity contribution in [3.8, 4) is 0 Å². The summed E-state index contributed by atoms with van der Waals surface area (Å²) < 4.78 is 149. The zero-order chi connectivity index (χ0) is 94.7. The largest absolute Gasteiger partial charge is 0.756 e. The number of aliphatic hydroxyl groups excluding tert-OH is 9. The third-order valence-electron chi connectivity index (χ3n) is 22.7. The Balaban J connectivity index is 1.01. The Kier molecular flexibility index (Phi) is 53.8. The molecule has 6 rings (SSSR count). The van der Waals surface area contributed by atoms with Gasteiger partial charge in [-0.15, -0.1) is 0 Å². The van der Waals surface area contributed by atoms with Crippen molar-refractivity contribution in [2.45, 2.75) is 394 Å². The van der Waals surface area contributed by atoms with Crippen LogP contribution in [0.5, 0.6) is 0 Å². The van der Waals surface area contributed by atoms with E-state index in [1.54, 1.807) is 6.92 Å². The van der Waals surface area contributed by atoms with Gasteiger partial charge in [-0.2, -0.15) is 0 Å². The number of amides is 3. The van der Waals surface area contributed by atoms with Gasteiger partial charge in [0.05, 0.1) is 82.4 Å². The highest BCUT2D eigenvalue weighted by Gasteiger charge is 2.50. The van der Waals surface area contributed by atoms with Gasteiger partial charge in [0.1, 0.15) is 92.9 Å². The second kappa shape index (κ2) is 60.6. The van der Waals surface area contributed by atoms with E-state index < -0.39 is 241 Å². The van der Waals surface area contributed by atoms with Crippen molar-refractivity contribution < 1.29 is 192 Å². The molecule has 0 bridgehead atoms. The Morgan fingerprint density at radius 1 is 0.349 bits per heavy atom. The predicted molar refractivity (Wildman–Crippen MR) is 447 cm³/mol. The third-order valence-corrected chi connectivity index (χ3v) is 25.7. The molecule has 6 saturated heterocycles. The molecule has 6 fully saturated rings. The molecule has 3 amide bonds. The van der Waals surface area contributed by atoms with Gasteiger partial charge in [-0.05, 0) is 72.1 Å². The molecule has 43 nitrogen and oxygen atoms in total. The van der Waals surface area contributed by atoms with Crippen LogP contribution in [-0.4, -0.2) is 320 Å². The van der Waals surface area contributed by atoms with Gasteiger partial charge in [0.25, 0.3) is 23.5 Å². The van der Waals surface area contributed by atoms with Crippen LogP contribution >= 0.6 is 23.5 Å². The molecule has 6 heterocycles. The van der Waals surface area contributed by atoms with E-state index >= 15 is 0 Å². The number of unbranched alkanes of at least 4 members (excludes halogenated alkanes) is 21. The molecule has 27 atom stereocenters. The van der Waals surface area contributed by atoms with E-state index in [1.165, 1.54) is 20.8 Å². The molecule has 0 radical (unpaired) electrons. The first-order valence-corrected chi connectivity index (χ1v) is 50.1. The summed E-state index contributed by atoms with van der Waals surface area (Å²) in [6.07, 6.45) is -8.49. The summed E-state index contributed by atoms with van der Waals surface area (Å²) in [5.41, 5.74) is -0.161. The maximum Gasteiger partial charge on any atom is 0.268 e. The lowest BCUT2D eigenvalue weighted by Gasteiger charge is -2.43. The smallest absolute Gasteiger partial charge is 0.268 e. The molecular formula is C83H147N3O40P3-3. The van der Waals surface area contributed by atoms with Crippen molar-refractivity contribution in [1.29, 1.82) is 0 Å². The minimum Gasteiger partial charge on any atom is -0.756 e. The van der Waals surface area contributed by atoms with Gasteiger partial charge in [-0.3, -0.25) is 42.5 Å². The standard InChI is InChI=1S/C83H150N3O40P3/c1-53-63(44-87)121-80(72(75(53)97)84-54(2)91)111-48-57(94)33-25-18-15-21-29-37-109-70-42-61(125-127(102,103)115-40-32-24-13-11-9-8-10-12-23-31-39-114-83(5,6)7)67(119-70)51-117-129(106,107)126-62-43-71(110-38-30-22-16-19-27-35-59(96)50-113-82-74(86-56(4)93)79(101)77(99)66(47-90)123-82)120-68(62)52-116-128(104,105)124-60-41-69(118-64(60)45-88)108-36-28-20-14-17-26-34-58(95)49-112-81-73(85-55(3)92)78(100)76(98)65(46-89)122-81/h53,60-82,87-90,97-101H,8-52H2,1-7H3,(H,84,91)(H,85,92)(H,86,93)(H,102,103)(H,104,105)(H,106,107)/p-3/t53-,60?,61+,62?,63+,64+,65+,66+,67?,68+,69+,70+,71+,72+,73+,74+,75-,76-,77-,78+,79+,80+,81+,82+/m0/s1. The van der Waals surface area contributed by atoms with Gasteiger partial charge >= 0.3 is 0 Å². The van der Waals surface area contributed by atoms with E-state index in [2.05, 4.69) is 16.0 Å². The fourth-order valence-corrected chi connectivity index (χ4v) is 18.4. The number of ether oxygens (including phenoxy) is 13. The molecule has 12 N–H and O–H groups in total. The summed E-state index contributed by atoms with van der Waals surface area (Å²) in [6.45, 7) is 6.79. The summed E-state index contributed by atoms with van der Waals surface area (Å²) in [5, 5.41) is 99.2. The molecule has 0 aromatic rings. The number of aliphatic hydroxyl groups is 9. The highest BCUT2D eigenvalue weighted by Crippen LogP contribution is 2.49. The zero-order valence-electron chi connectivity index (χ0n) is 75.7. The summed E-state index contributed by atoms with van der Waals surface area (Å²) >= 11 is 0. The first kappa shape index (κ1) is 115. The Morgan fingerprint density at radius 3 is 0.953 bits per heavy atom. The predicted octanol–water partition coefficient (Wildman–Crippen LogP) is 2.59. The van der Waals surface area contributed by atoms with Crippen LogP contribution in [0.15, 0.2) is 0 Å². The molecule has 6 unspecified atom stereocenters. The van der Waals surface area contributed by atoms with Crippen LogP contribution in [0.3, 0.4) is 0 Å². The Labute approximate surface area is 756 Å². The number of rotatable bonds is 69. The lowest BCUT2D eigenvalue weighted by atomic mass is 9.89. The minimum atomic E-state index is -5.54. The fourth-order valence-electron chi connectivity index (χ4n) is 15.5. The average molecular weight is 1920 g/mol. The van der Waals surface area contributed by atoms with Crippen molar-refractivity contribution in [3.63, 3.8) is 0 Å². The van der Waals surface area contributed by atoms with Crippen LogP contribution in [0.4, 0.5) is 0 Å². The molecule has 0 spiro atoms. The number of Topliss-reactive ketones (excluding diaryl/α,β-unsaturated/α-hetero) is 3. The summed E-state index contributed by atoms with van der Waals surface area (Å²) in [7, 11) is -16.0. The molecule has 0 aliphatic carbocycles. The monoisotopic (exact) mass is 1920 g/mol. The van der Waals surface area contributed by atoms with Gasteiger partial charge in [-0.1, -0.05) is 116 Å². The van der Waals surface area contributed by atoms with Crippen LogP contribution in [0.2, 0.25) is 0 Å². The van der Waals surface area contributed by atoms with E-state index in [1.807, 2.05) is 20.8 Å². The van der Waals surface area contributed by atoms with Crippen LogP contribution in [0.25, 0.3) is 0 Å². The zero-order valence-corrected chi connectivity index (χ0v) is 78.4. The number of nitrogens with one attached hydrogen (secondary N) is 3. The van der Waals surface area contributed by atoms with E-state index in [9.17, 15) is 103 Å². The van der Waals surface area contributed by atoms with Gasteiger partial charge in [0.15, 0.2) is 55.1 Å². The number of phosphoric acid groups is 3. The summed E-state index contributed by atoms with van der Waals surface area (Å²) in [4.78, 5) is 115. The van der Waals surface area contributed by atoms with E-state index in [-0.39, 0.29) is 94.5 Å². The lowest BCUT2D eigenvalue weighted by Crippen LogP contribution is -2.64. The molecule has 752 valence electrons. The van der Waals surface area contributed by atoms with Crippen LogP contribution in [0, 0.1) is 5.92 Å². The number of phosphoric ester groups is 3. The fraction of sp³-hybridized carbons (Fsp3) is 0.928. The molecule has 0 saturated carbocycles. The number of ketones is 3. The van der Waals surface area contributed by atoms with Gasteiger partial charge in [-0.25, -0.2) is 0 Å².